The lowest BCUT2D eigenvalue weighted by atomic mass is 9.85. The van der Waals surface area contributed by atoms with Crippen LogP contribution in [0.4, 0.5) is 8.78 Å². The topological polar surface area (TPSA) is 41.7 Å². The molecule has 138 valence electrons. The van der Waals surface area contributed by atoms with E-state index in [2.05, 4.69) is 24.0 Å². The van der Waals surface area contributed by atoms with Gasteiger partial charge in [0, 0.05) is 28.2 Å². The fraction of sp³-hybridized carbons (Fsp3) is 0.318. The Balaban J connectivity index is 1.58. The van der Waals surface area contributed by atoms with Crippen LogP contribution >= 0.6 is 0 Å². The van der Waals surface area contributed by atoms with Gasteiger partial charge in [-0.1, -0.05) is 17.9 Å². The van der Waals surface area contributed by atoms with Crippen LogP contribution in [-0.4, -0.2) is 24.2 Å². The first-order valence-corrected chi connectivity index (χ1v) is 9.10. The molecule has 27 heavy (non-hydrogen) atoms. The minimum Gasteiger partial charge on any atom is -0.481 e. The molecule has 4 rings (SSSR count). The molecule has 2 aromatic carbocycles. The average Bonchev–Trinajstić information content (AvgIpc) is 3.37. The van der Waals surface area contributed by atoms with Crippen LogP contribution in [0, 0.1) is 23.5 Å². The Morgan fingerprint density at radius 1 is 1.07 bits per heavy atom. The molecule has 1 aliphatic heterocycles. The number of hydrogen-bond donors (Lipinski definition) is 2. The van der Waals surface area contributed by atoms with Crippen LogP contribution in [0.25, 0.3) is 0 Å². The molecule has 1 fully saturated rings. The van der Waals surface area contributed by atoms with Crippen LogP contribution in [0.2, 0.25) is 0 Å². The number of benzene rings is 2. The van der Waals surface area contributed by atoms with Gasteiger partial charge in [0.25, 0.3) is 0 Å². The van der Waals surface area contributed by atoms with E-state index in [1.54, 1.807) is 0 Å². The second-order valence-electron chi connectivity index (χ2n) is 7.56. The van der Waals surface area contributed by atoms with E-state index in [1.165, 1.54) is 28.2 Å². The molecule has 1 heterocycles. The highest BCUT2D eigenvalue weighted by Crippen LogP contribution is 2.49. The number of aliphatic carboxylic acids is 1. The quantitative estimate of drug-likeness (QED) is 0.817. The highest BCUT2D eigenvalue weighted by Gasteiger charge is 2.51. The van der Waals surface area contributed by atoms with Crippen molar-refractivity contribution in [3.63, 3.8) is 0 Å². The van der Waals surface area contributed by atoms with Crippen LogP contribution < -0.4 is 4.90 Å². The molecule has 1 saturated carbocycles. The summed E-state index contributed by atoms with van der Waals surface area (Å²) in [5.74, 6) is 3.83. The summed E-state index contributed by atoms with van der Waals surface area (Å²) in [6, 6.07) is 9.36. The Bertz CT molecular complexity index is 950. The van der Waals surface area contributed by atoms with Crippen LogP contribution in [-0.2, 0) is 16.8 Å². The van der Waals surface area contributed by atoms with Gasteiger partial charge in [-0.15, -0.1) is 0 Å². The molecule has 2 aromatic rings. The van der Waals surface area contributed by atoms with E-state index in [0.717, 1.165) is 37.6 Å². The molecule has 1 spiro atoms. The number of fused-ring (bicyclic) bond motifs is 2. The van der Waals surface area contributed by atoms with Crippen molar-refractivity contribution in [2.45, 2.75) is 31.2 Å². The van der Waals surface area contributed by atoms with Crippen LogP contribution in [0.3, 0.4) is 0 Å². The summed E-state index contributed by atoms with van der Waals surface area (Å²) in [7, 11) is 0. The summed E-state index contributed by atoms with van der Waals surface area (Å²) >= 11 is 0. The van der Waals surface area contributed by atoms with E-state index in [9.17, 15) is 13.6 Å². The molecule has 0 saturated heterocycles. The first kappa shape index (κ1) is 17.7. The van der Waals surface area contributed by atoms with Crippen molar-refractivity contribution in [1.29, 1.82) is 0 Å². The summed E-state index contributed by atoms with van der Waals surface area (Å²) in [4.78, 5) is 12.2. The molecule has 0 bridgehead atoms. The smallest absolute Gasteiger partial charge is 0.309 e. The number of hydrogen-bond acceptors (Lipinski definition) is 1. The van der Waals surface area contributed by atoms with E-state index in [0.29, 0.717) is 12.1 Å². The van der Waals surface area contributed by atoms with Crippen molar-refractivity contribution in [2.24, 2.45) is 0 Å². The molecule has 1 unspecified atom stereocenters. The Hall–Kier alpha value is -2.71. The fourth-order valence-electron chi connectivity index (χ4n) is 4.04. The zero-order valence-electron chi connectivity index (χ0n) is 14.8. The van der Waals surface area contributed by atoms with Gasteiger partial charge in [0.15, 0.2) is 0 Å². The molecule has 2 N–H and O–H groups in total. The third-order valence-corrected chi connectivity index (χ3v) is 5.47. The monoisotopic (exact) mass is 368 g/mol. The van der Waals surface area contributed by atoms with Gasteiger partial charge < -0.3 is 10.0 Å². The second-order valence-corrected chi connectivity index (χ2v) is 7.56. The third kappa shape index (κ3) is 3.86. The third-order valence-electron chi connectivity index (χ3n) is 5.47. The number of nitrogens with one attached hydrogen (secondary N) is 1. The molecule has 5 heteroatoms. The summed E-state index contributed by atoms with van der Waals surface area (Å²) in [5, 5.41) is 8.93. The molecule has 0 radical (unpaired) electrons. The summed E-state index contributed by atoms with van der Waals surface area (Å²) in [5.41, 5.74) is 3.85. The minimum absolute atomic E-state index is 0.143. The maximum atomic E-state index is 13.3. The average molecular weight is 368 g/mol. The molecule has 1 atom stereocenters. The van der Waals surface area contributed by atoms with Gasteiger partial charge >= 0.3 is 5.97 Å². The molecule has 3 nitrogen and oxygen atoms in total. The number of halogens is 2. The van der Waals surface area contributed by atoms with E-state index in [1.807, 2.05) is 6.07 Å². The van der Waals surface area contributed by atoms with E-state index in [-0.39, 0.29) is 11.8 Å². The van der Waals surface area contributed by atoms with Gasteiger partial charge in [0.2, 0.25) is 0 Å². The van der Waals surface area contributed by atoms with Crippen LogP contribution in [0.1, 0.15) is 41.5 Å². The van der Waals surface area contributed by atoms with Gasteiger partial charge in [0.05, 0.1) is 19.5 Å². The first-order valence-electron chi connectivity index (χ1n) is 9.10. The zero-order chi connectivity index (χ0) is 19.0. The summed E-state index contributed by atoms with van der Waals surface area (Å²) in [6.45, 7) is 2.43. The zero-order valence-corrected chi connectivity index (χ0v) is 14.8. The van der Waals surface area contributed by atoms with Gasteiger partial charge in [-0.3, -0.25) is 4.79 Å². The SMILES string of the molecule is O=C(O)CC[NH+]1Cc2ccc(C#Cc3cc(F)cc(F)c3)cc2C2(CC2)C1. The molecule has 0 amide bonds. The first-order chi connectivity index (χ1) is 12.9. The standard InChI is InChI=1S/C22H19F2NO2/c23-18-9-16(10-19(24)12-18)2-1-15-3-4-17-13-25(8-5-21(26)27)14-22(6-7-22)20(17)11-15/h3-4,9-12H,5-8,13-14H2,(H,26,27)/p+1. The van der Waals surface area contributed by atoms with Crippen molar-refractivity contribution in [1.82, 2.24) is 0 Å². The number of carbonyl (C=O) groups is 1. The Morgan fingerprint density at radius 2 is 1.78 bits per heavy atom. The van der Waals surface area contributed by atoms with Crippen LogP contribution in [0.5, 0.6) is 0 Å². The van der Waals surface area contributed by atoms with E-state index < -0.39 is 17.6 Å². The highest BCUT2D eigenvalue weighted by molar-refractivity contribution is 5.66. The Morgan fingerprint density at radius 3 is 2.44 bits per heavy atom. The maximum absolute atomic E-state index is 13.3. The molecule has 2 aliphatic rings. The Labute approximate surface area is 156 Å². The molecule has 0 aromatic heterocycles. The summed E-state index contributed by atoms with van der Waals surface area (Å²) < 4.78 is 26.6. The molecular formula is C22H20F2NO2+. The lowest BCUT2D eigenvalue weighted by Gasteiger charge is -2.32. The van der Waals surface area contributed by atoms with Crippen molar-refractivity contribution in [3.8, 4) is 11.8 Å². The number of carboxylic acid groups (broad SMARTS) is 1. The second kappa shape index (κ2) is 6.79. The van der Waals surface area contributed by atoms with Crippen molar-refractivity contribution in [3.05, 3.63) is 70.3 Å². The Kier molecular flexibility index (Phi) is 4.45. The number of rotatable bonds is 3. The van der Waals surface area contributed by atoms with Crippen molar-refractivity contribution < 1.29 is 23.6 Å². The predicted molar refractivity (Wildman–Crippen MR) is 96.3 cm³/mol. The van der Waals surface area contributed by atoms with Gasteiger partial charge in [-0.25, -0.2) is 8.78 Å². The lowest BCUT2D eigenvalue weighted by molar-refractivity contribution is -0.918. The summed E-state index contributed by atoms with van der Waals surface area (Å²) in [6.07, 6.45) is 2.42. The molecule has 1 aliphatic carbocycles. The van der Waals surface area contributed by atoms with Crippen molar-refractivity contribution >= 4 is 5.97 Å². The van der Waals surface area contributed by atoms with Gasteiger partial charge in [0.1, 0.15) is 18.2 Å². The van der Waals surface area contributed by atoms with Gasteiger partial charge in [-0.2, -0.15) is 0 Å². The minimum atomic E-state index is -0.752. The van der Waals surface area contributed by atoms with Crippen LogP contribution in [0.15, 0.2) is 36.4 Å². The highest BCUT2D eigenvalue weighted by atomic mass is 19.1. The normalized spacial score (nSPS) is 19.1. The van der Waals surface area contributed by atoms with E-state index >= 15 is 0 Å². The number of quaternary nitrogens is 1. The molecular weight excluding hydrogens is 348 g/mol. The lowest BCUT2D eigenvalue weighted by Crippen LogP contribution is -3.12. The maximum Gasteiger partial charge on any atom is 0.309 e. The number of carboxylic acids is 1. The van der Waals surface area contributed by atoms with Gasteiger partial charge in [-0.05, 0) is 42.7 Å². The predicted octanol–water partition coefficient (Wildman–Crippen LogP) is 2.27. The fourth-order valence-corrected chi connectivity index (χ4v) is 4.04. The van der Waals surface area contributed by atoms with E-state index in [4.69, 9.17) is 5.11 Å². The largest absolute Gasteiger partial charge is 0.481 e. The van der Waals surface area contributed by atoms with Crippen molar-refractivity contribution in [2.75, 3.05) is 13.1 Å².